The minimum atomic E-state index is 0.556. The molecule has 1 aromatic carbocycles. The first-order valence-corrected chi connectivity index (χ1v) is 8.40. The van der Waals surface area contributed by atoms with Gasteiger partial charge in [0.15, 0.2) is 11.8 Å². The van der Waals surface area contributed by atoms with Gasteiger partial charge in [0.1, 0.15) is 0 Å². The van der Waals surface area contributed by atoms with E-state index in [1.807, 2.05) is 31.0 Å². The van der Waals surface area contributed by atoms with Gasteiger partial charge in [0.05, 0.1) is 10.0 Å². The van der Waals surface area contributed by atoms with Gasteiger partial charge in [-0.2, -0.15) is 4.98 Å². The predicted octanol–water partition coefficient (Wildman–Crippen LogP) is 3.32. The number of halogens is 2. The highest BCUT2D eigenvalue weighted by Crippen LogP contribution is 2.23. The minimum Gasteiger partial charge on any atom is -0.356 e. The molecule has 0 aliphatic heterocycles. The zero-order valence-corrected chi connectivity index (χ0v) is 15.5. The Kier molecular flexibility index (Phi) is 6.87. The molecule has 0 aliphatic rings. The normalized spacial score (nSPS) is 11.6. The van der Waals surface area contributed by atoms with Crippen LogP contribution in [-0.2, 0) is 13.0 Å². The summed E-state index contributed by atoms with van der Waals surface area (Å²) in [5.41, 5.74) is 1.07. The van der Waals surface area contributed by atoms with Gasteiger partial charge in [0, 0.05) is 33.6 Å². The van der Waals surface area contributed by atoms with Crippen molar-refractivity contribution in [2.24, 2.45) is 4.99 Å². The summed E-state index contributed by atoms with van der Waals surface area (Å²) >= 11 is 12.0. The molecule has 0 saturated heterocycles. The molecule has 1 N–H and O–H groups in total. The van der Waals surface area contributed by atoms with Gasteiger partial charge in [-0.3, -0.25) is 4.99 Å². The van der Waals surface area contributed by atoms with Crippen LogP contribution in [0.15, 0.2) is 27.7 Å². The van der Waals surface area contributed by atoms with Crippen LogP contribution in [0.5, 0.6) is 0 Å². The monoisotopic (exact) mass is 369 g/mol. The number of aliphatic imine (C=N–C) groups is 1. The molecule has 0 saturated carbocycles. The lowest BCUT2D eigenvalue weighted by Crippen LogP contribution is -2.39. The number of guanidine groups is 1. The topological polar surface area (TPSA) is 66.5 Å². The molecule has 0 bridgehead atoms. The first-order valence-electron chi connectivity index (χ1n) is 7.64. The van der Waals surface area contributed by atoms with Gasteiger partial charge in [-0.25, -0.2) is 0 Å². The molecule has 0 aliphatic carbocycles. The molecule has 1 aromatic heterocycles. The van der Waals surface area contributed by atoms with E-state index in [0.717, 1.165) is 30.9 Å². The van der Waals surface area contributed by atoms with Crippen LogP contribution >= 0.6 is 23.2 Å². The van der Waals surface area contributed by atoms with E-state index in [-0.39, 0.29) is 0 Å². The molecular formula is C16H21Cl2N5O. The Morgan fingerprint density at radius 1 is 1.33 bits per heavy atom. The van der Waals surface area contributed by atoms with Crippen LogP contribution in [0.3, 0.4) is 0 Å². The van der Waals surface area contributed by atoms with E-state index in [1.165, 1.54) is 0 Å². The molecule has 0 fully saturated rings. The second kappa shape index (κ2) is 8.89. The summed E-state index contributed by atoms with van der Waals surface area (Å²) < 4.78 is 5.09. The lowest BCUT2D eigenvalue weighted by atomic mass is 10.2. The van der Waals surface area contributed by atoms with Gasteiger partial charge in [0.2, 0.25) is 5.89 Å². The number of hydrogen-bond acceptors (Lipinski definition) is 4. The fraction of sp³-hybridized carbons (Fsp3) is 0.438. The smallest absolute Gasteiger partial charge is 0.226 e. The standard InChI is InChI=1S/C16H21Cl2N5O/c1-11-21-15(24-22-11)5-4-8-20-16(19-2)23(3)10-12-6-7-13(17)14(18)9-12/h6-7,9H,4-5,8,10H2,1-3H3,(H,19,20). The second-order valence-electron chi connectivity index (χ2n) is 5.42. The van der Waals surface area contributed by atoms with Crippen LogP contribution in [0.4, 0.5) is 0 Å². The second-order valence-corrected chi connectivity index (χ2v) is 6.23. The highest BCUT2D eigenvalue weighted by molar-refractivity contribution is 6.42. The molecular weight excluding hydrogens is 349 g/mol. The first kappa shape index (κ1) is 18.5. The molecule has 0 amide bonds. The molecule has 0 spiro atoms. The number of benzene rings is 1. The zero-order valence-electron chi connectivity index (χ0n) is 14.0. The SMILES string of the molecule is CN=C(NCCCc1nc(C)no1)N(C)Cc1ccc(Cl)c(Cl)c1. The van der Waals surface area contributed by atoms with Crippen molar-refractivity contribution < 1.29 is 4.52 Å². The Morgan fingerprint density at radius 3 is 2.75 bits per heavy atom. The first-order chi connectivity index (χ1) is 11.5. The minimum absolute atomic E-state index is 0.556. The maximum absolute atomic E-state index is 6.06. The van der Waals surface area contributed by atoms with E-state index in [1.54, 1.807) is 13.1 Å². The Labute approximate surface area is 151 Å². The van der Waals surface area contributed by atoms with E-state index >= 15 is 0 Å². The lowest BCUT2D eigenvalue weighted by molar-refractivity contribution is 0.371. The summed E-state index contributed by atoms with van der Waals surface area (Å²) in [4.78, 5) is 10.5. The molecule has 1 heterocycles. The molecule has 24 heavy (non-hydrogen) atoms. The molecule has 6 nitrogen and oxygen atoms in total. The van der Waals surface area contributed by atoms with E-state index in [9.17, 15) is 0 Å². The highest BCUT2D eigenvalue weighted by Gasteiger charge is 2.08. The maximum atomic E-state index is 6.06. The van der Waals surface area contributed by atoms with E-state index in [4.69, 9.17) is 27.7 Å². The third kappa shape index (κ3) is 5.39. The van der Waals surface area contributed by atoms with Gasteiger partial charge in [0.25, 0.3) is 0 Å². The lowest BCUT2D eigenvalue weighted by Gasteiger charge is -2.22. The van der Waals surface area contributed by atoms with Crippen LogP contribution in [0, 0.1) is 6.92 Å². The highest BCUT2D eigenvalue weighted by atomic mass is 35.5. The molecule has 130 valence electrons. The van der Waals surface area contributed by atoms with E-state index in [2.05, 4.69) is 20.4 Å². The zero-order chi connectivity index (χ0) is 17.5. The van der Waals surface area contributed by atoms with Crippen molar-refractivity contribution in [2.75, 3.05) is 20.6 Å². The van der Waals surface area contributed by atoms with Crippen LogP contribution in [0.1, 0.15) is 23.7 Å². The Balaban J connectivity index is 1.80. The predicted molar refractivity (Wildman–Crippen MR) is 96.6 cm³/mol. The summed E-state index contributed by atoms with van der Waals surface area (Å²) in [6.07, 6.45) is 1.61. The van der Waals surface area contributed by atoms with Gasteiger partial charge in [-0.1, -0.05) is 34.4 Å². The summed E-state index contributed by atoms with van der Waals surface area (Å²) in [6.45, 7) is 3.25. The molecule has 0 radical (unpaired) electrons. The van der Waals surface area contributed by atoms with Crippen LogP contribution < -0.4 is 5.32 Å². The third-order valence-electron chi connectivity index (χ3n) is 3.40. The average molecular weight is 370 g/mol. The number of aryl methyl sites for hydroxylation is 2. The van der Waals surface area contributed by atoms with Crippen LogP contribution in [0.25, 0.3) is 0 Å². The van der Waals surface area contributed by atoms with Crippen molar-refractivity contribution in [1.29, 1.82) is 0 Å². The Bertz CT molecular complexity index is 702. The quantitative estimate of drug-likeness (QED) is 0.480. The number of hydrogen-bond donors (Lipinski definition) is 1. The van der Waals surface area contributed by atoms with E-state index < -0.39 is 0 Å². The van der Waals surface area contributed by atoms with Crippen LogP contribution in [-0.4, -0.2) is 41.6 Å². The molecule has 2 aromatic rings. The van der Waals surface area contributed by atoms with Gasteiger partial charge >= 0.3 is 0 Å². The molecule has 0 atom stereocenters. The summed E-state index contributed by atoms with van der Waals surface area (Å²) in [5, 5.41) is 8.21. The fourth-order valence-electron chi connectivity index (χ4n) is 2.25. The average Bonchev–Trinajstić information content (AvgIpc) is 2.96. The Hall–Kier alpha value is -1.79. The van der Waals surface area contributed by atoms with Gasteiger partial charge in [-0.15, -0.1) is 0 Å². The third-order valence-corrected chi connectivity index (χ3v) is 4.14. The number of rotatable bonds is 6. The summed E-state index contributed by atoms with van der Waals surface area (Å²) in [7, 11) is 3.73. The molecule has 0 unspecified atom stereocenters. The number of aromatic nitrogens is 2. The summed E-state index contributed by atoms with van der Waals surface area (Å²) in [5.74, 6) is 2.13. The van der Waals surface area contributed by atoms with Gasteiger partial charge < -0.3 is 14.7 Å². The van der Waals surface area contributed by atoms with Crippen molar-refractivity contribution in [2.45, 2.75) is 26.3 Å². The van der Waals surface area contributed by atoms with Crippen molar-refractivity contribution in [1.82, 2.24) is 20.4 Å². The molecule has 2 rings (SSSR count). The molecule has 8 heteroatoms. The van der Waals surface area contributed by atoms with Crippen molar-refractivity contribution in [3.05, 3.63) is 45.5 Å². The maximum Gasteiger partial charge on any atom is 0.226 e. The van der Waals surface area contributed by atoms with E-state index in [0.29, 0.717) is 28.3 Å². The fourth-order valence-corrected chi connectivity index (χ4v) is 2.57. The Morgan fingerprint density at radius 2 is 2.12 bits per heavy atom. The van der Waals surface area contributed by atoms with Crippen molar-refractivity contribution in [3.8, 4) is 0 Å². The van der Waals surface area contributed by atoms with Gasteiger partial charge in [-0.05, 0) is 31.0 Å². The van der Waals surface area contributed by atoms with Crippen LogP contribution in [0.2, 0.25) is 10.0 Å². The van der Waals surface area contributed by atoms with Crippen molar-refractivity contribution in [3.63, 3.8) is 0 Å². The van der Waals surface area contributed by atoms with Crippen molar-refractivity contribution >= 4 is 29.2 Å². The summed E-state index contributed by atoms with van der Waals surface area (Å²) in [6, 6.07) is 5.62. The number of nitrogens with one attached hydrogen (secondary N) is 1. The number of nitrogens with zero attached hydrogens (tertiary/aromatic N) is 4. The largest absolute Gasteiger partial charge is 0.356 e.